The zero-order valence-corrected chi connectivity index (χ0v) is 13.5. The fraction of sp³-hybridized carbons (Fsp3) is 0.294. The molecule has 1 atom stereocenters. The zero-order valence-electron chi connectivity index (χ0n) is 11.9. The molecule has 0 spiro atoms. The molecule has 2 aromatic rings. The maximum atomic E-state index is 5.17. The van der Waals surface area contributed by atoms with Gasteiger partial charge < -0.3 is 10.1 Å². The summed E-state index contributed by atoms with van der Waals surface area (Å²) in [5, 5.41) is 3.55. The van der Waals surface area contributed by atoms with Gasteiger partial charge in [-0.1, -0.05) is 40.2 Å². The molecular weight excluding hydrogens is 314 g/mol. The van der Waals surface area contributed by atoms with Crippen LogP contribution in [0.3, 0.4) is 0 Å². The third-order valence-electron chi connectivity index (χ3n) is 3.27. The van der Waals surface area contributed by atoms with Crippen molar-refractivity contribution in [2.24, 2.45) is 0 Å². The predicted molar refractivity (Wildman–Crippen MR) is 87.1 cm³/mol. The number of rotatable bonds is 6. The number of nitrogens with one attached hydrogen (secondary N) is 1. The summed E-state index contributed by atoms with van der Waals surface area (Å²) in [6, 6.07) is 17.1. The van der Waals surface area contributed by atoms with Gasteiger partial charge in [0, 0.05) is 17.1 Å². The Balaban J connectivity index is 1.82. The van der Waals surface area contributed by atoms with Gasteiger partial charge in [0.1, 0.15) is 5.75 Å². The molecule has 0 aliphatic carbocycles. The molecule has 0 radical (unpaired) electrons. The molecule has 106 valence electrons. The molecule has 0 saturated heterocycles. The molecule has 0 aliphatic rings. The molecule has 0 aliphatic heterocycles. The topological polar surface area (TPSA) is 21.3 Å². The Morgan fingerprint density at radius 3 is 2.20 bits per heavy atom. The smallest absolute Gasteiger partial charge is 0.118 e. The van der Waals surface area contributed by atoms with Crippen molar-refractivity contribution in [1.29, 1.82) is 0 Å². The second-order valence-corrected chi connectivity index (χ2v) is 5.88. The molecule has 3 heteroatoms. The fourth-order valence-electron chi connectivity index (χ4n) is 2.08. The third-order valence-corrected chi connectivity index (χ3v) is 3.80. The summed E-state index contributed by atoms with van der Waals surface area (Å²) in [5.74, 6) is 0.907. The minimum absolute atomic E-state index is 0.437. The molecule has 0 heterocycles. The van der Waals surface area contributed by atoms with Crippen LogP contribution in [0.4, 0.5) is 0 Å². The fourth-order valence-corrected chi connectivity index (χ4v) is 2.35. The summed E-state index contributed by atoms with van der Waals surface area (Å²) in [5.41, 5.74) is 2.62. The first-order valence-corrected chi connectivity index (χ1v) is 7.57. The summed E-state index contributed by atoms with van der Waals surface area (Å²) in [4.78, 5) is 0. The average Bonchev–Trinajstić information content (AvgIpc) is 2.47. The highest BCUT2D eigenvalue weighted by molar-refractivity contribution is 9.10. The van der Waals surface area contributed by atoms with Gasteiger partial charge in [-0.2, -0.15) is 0 Å². The molecule has 1 unspecified atom stereocenters. The van der Waals surface area contributed by atoms with Gasteiger partial charge in [0.05, 0.1) is 7.11 Å². The van der Waals surface area contributed by atoms with E-state index < -0.39 is 0 Å². The molecule has 2 rings (SSSR count). The largest absolute Gasteiger partial charge is 0.497 e. The maximum absolute atomic E-state index is 5.17. The van der Waals surface area contributed by atoms with Crippen LogP contribution < -0.4 is 10.1 Å². The van der Waals surface area contributed by atoms with Crippen molar-refractivity contribution in [3.05, 3.63) is 64.1 Å². The van der Waals surface area contributed by atoms with E-state index in [0.717, 1.165) is 23.2 Å². The van der Waals surface area contributed by atoms with Crippen LogP contribution in [0.15, 0.2) is 53.0 Å². The van der Waals surface area contributed by atoms with Gasteiger partial charge in [0.15, 0.2) is 0 Å². The zero-order chi connectivity index (χ0) is 14.4. The highest BCUT2D eigenvalue weighted by Crippen LogP contribution is 2.13. The number of halogens is 1. The van der Waals surface area contributed by atoms with Crippen molar-refractivity contribution in [3.63, 3.8) is 0 Å². The first-order valence-electron chi connectivity index (χ1n) is 6.78. The van der Waals surface area contributed by atoms with Crippen molar-refractivity contribution in [2.75, 3.05) is 7.11 Å². The van der Waals surface area contributed by atoms with E-state index in [2.05, 4.69) is 64.6 Å². The van der Waals surface area contributed by atoms with E-state index in [9.17, 15) is 0 Å². The van der Waals surface area contributed by atoms with E-state index in [0.29, 0.717) is 6.04 Å². The van der Waals surface area contributed by atoms with Crippen LogP contribution in [0.25, 0.3) is 0 Å². The molecule has 0 bridgehead atoms. The van der Waals surface area contributed by atoms with Gasteiger partial charge in [-0.15, -0.1) is 0 Å². The minimum atomic E-state index is 0.437. The van der Waals surface area contributed by atoms with Crippen molar-refractivity contribution in [2.45, 2.75) is 25.9 Å². The van der Waals surface area contributed by atoms with Gasteiger partial charge in [-0.3, -0.25) is 0 Å². The molecular formula is C17H20BrNO. The van der Waals surface area contributed by atoms with E-state index in [1.807, 2.05) is 12.1 Å². The van der Waals surface area contributed by atoms with Gasteiger partial charge >= 0.3 is 0 Å². The van der Waals surface area contributed by atoms with Crippen LogP contribution in [0.5, 0.6) is 5.75 Å². The average molecular weight is 334 g/mol. The maximum Gasteiger partial charge on any atom is 0.118 e. The lowest BCUT2D eigenvalue weighted by atomic mass is 10.1. The second-order valence-electron chi connectivity index (χ2n) is 4.96. The standard InChI is InChI=1S/C17H20BrNO/c1-13(11-14-5-9-17(20-2)10-6-14)19-12-15-3-7-16(18)8-4-15/h3-10,13,19H,11-12H2,1-2H3. The molecule has 2 aromatic carbocycles. The summed E-state index contributed by atoms with van der Waals surface area (Å²) < 4.78 is 6.29. The van der Waals surface area contributed by atoms with Crippen molar-refractivity contribution in [1.82, 2.24) is 5.32 Å². The minimum Gasteiger partial charge on any atom is -0.497 e. The van der Waals surface area contributed by atoms with Crippen LogP contribution in [-0.4, -0.2) is 13.2 Å². The van der Waals surface area contributed by atoms with E-state index in [1.165, 1.54) is 11.1 Å². The van der Waals surface area contributed by atoms with Crippen molar-refractivity contribution in [3.8, 4) is 5.75 Å². The van der Waals surface area contributed by atoms with Gasteiger partial charge in [-0.05, 0) is 48.7 Å². The molecule has 0 amide bonds. The number of methoxy groups -OCH3 is 1. The quantitative estimate of drug-likeness (QED) is 0.856. The Morgan fingerprint density at radius 1 is 1.00 bits per heavy atom. The highest BCUT2D eigenvalue weighted by Gasteiger charge is 2.03. The predicted octanol–water partition coefficient (Wildman–Crippen LogP) is 4.18. The number of hydrogen-bond donors (Lipinski definition) is 1. The number of ether oxygens (including phenoxy) is 1. The van der Waals surface area contributed by atoms with Crippen LogP contribution >= 0.6 is 15.9 Å². The third kappa shape index (κ3) is 4.66. The van der Waals surface area contributed by atoms with Gasteiger partial charge in [0.2, 0.25) is 0 Å². The Hall–Kier alpha value is -1.32. The van der Waals surface area contributed by atoms with Crippen LogP contribution in [0, 0.1) is 0 Å². The number of hydrogen-bond acceptors (Lipinski definition) is 2. The first-order chi connectivity index (χ1) is 9.67. The Bertz CT molecular complexity index is 522. The molecule has 1 N–H and O–H groups in total. The van der Waals surface area contributed by atoms with Gasteiger partial charge in [0.25, 0.3) is 0 Å². The Kier molecular flexibility index (Phi) is 5.62. The van der Waals surface area contributed by atoms with Crippen molar-refractivity contribution >= 4 is 15.9 Å². The van der Waals surface area contributed by atoms with Crippen LogP contribution in [-0.2, 0) is 13.0 Å². The van der Waals surface area contributed by atoms with Crippen LogP contribution in [0.1, 0.15) is 18.1 Å². The summed E-state index contributed by atoms with van der Waals surface area (Å²) in [6.45, 7) is 3.10. The lowest BCUT2D eigenvalue weighted by Crippen LogP contribution is -2.27. The monoisotopic (exact) mass is 333 g/mol. The van der Waals surface area contributed by atoms with E-state index in [-0.39, 0.29) is 0 Å². The molecule has 2 nitrogen and oxygen atoms in total. The normalized spacial score (nSPS) is 12.2. The lowest BCUT2D eigenvalue weighted by Gasteiger charge is -2.14. The molecule has 0 aromatic heterocycles. The van der Waals surface area contributed by atoms with E-state index >= 15 is 0 Å². The lowest BCUT2D eigenvalue weighted by molar-refractivity contribution is 0.414. The first kappa shape index (κ1) is 15.1. The van der Waals surface area contributed by atoms with Gasteiger partial charge in [-0.25, -0.2) is 0 Å². The summed E-state index contributed by atoms with van der Waals surface area (Å²) in [6.07, 6.45) is 1.01. The second kappa shape index (κ2) is 7.46. The SMILES string of the molecule is COc1ccc(CC(C)NCc2ccc(Br)cc2)cc1. The summed E-state index contributed by atoms with van der Waals surface area (Å²) in [7, 11) is 1.69. The van der Waals surface area contributed by atoms with E-state index in [1.54, 1.807) is 7.11 Å². The summed E-state index contributed by atoms with van der Waals surface area (Å²) >= 11 is 3.45. The Labute approximate surface area is 129 Å². The molecule has 0 saturated carbocycles. The number of benzene rings is 2. The Morgan fingerprint density at radius 2 is 1.60 bits per heavy atom. The molecule has 0 fully saturated rings. The highest BCUT2D eigenvalue weighted by atomic mass is 79.9. The van der Waals surface area contributed by atoms with Crippen molar-refractivity contribution < 1.29 is 4.74 Å². The molecule has 20 heavy (non-hydrogen) atoms. The van der Waals surface area contributed by atoms with Crippen LogP contribution in [0.2, 0.25) is 0 Å². The van der Waals surface area contributed by atoms with E-state index in [4.69, 9.17) is 4.74 Å².